The van der Waals surface area contributed by atoms with Gasteiger partial charge in [-0.05, 0) is 37.0 Å². The molecule has 0 aliphatic carbocycles. The minimum absolute atomic E-state index is 0.000620. The van der Waals surface area contributed by atoms with Crippen LogP contribution in [0.15, 0.2) is 36.0 Å². The molecule has 1 saturated heterocycles. The zero-order chi connectivity index (χ0) is 20.6. The van der Waals surface area contributed by atoms with Crippen LogP contribution < -0.4 is 0 Å². The molecule has 0 bridgehead atoms. The average molecular weight is 419 g/mol. The fourth-order valence-electron chi connectivity index (χ4n) is 4.14. The summed E-state index contributed by atoms with van der Waals surface area (Å²) in [6.07, 6.45) is 13.8. The number of aromatic nitrogens is 1. The largest absolute Gasteiger partial charge is 0.506 e. The van der Waals surface area contributed by atoms with Gasteiger partial charge in [0, 0.05) is 18.1 Å². The first-order chi connectivity index (χ1) is 14.2. The van der Waals surface area contributed by atoms with Gasteiger partial charge < -0.3 is 14.7 Å². The lowest BCUT2D eigenvalue weighted by Crippen LogP contribution is -2.33. The highest BCUT2D eigenvalue weighted by Gasteiger charge is 2.49. The van der Waals surface area contributed by atoms with E-state index in [9.17, 15) is 9.90 Å². The van der Waals surface area contributed by atoms with E-state index < -0.39 is 0 Å². The van der Waals surface area contributed by atoms with E-state index in [1.807, 2.05) is 12.1 Å². The van der Waals surface area contributed by atoms with Gasteiger partial charge in [-0.1, -0.05) is 52.4 Å². The highest BCUT2D eigenvalue weighted by atomic mass is 32.2. The molecule has 160 valence electrons. The molecule has 0 radical (unpaired) electrons. The van der Waals surface area contributed by atoms with Gasteiger partial charge >= 0.3 is 0 Å². The van der Waals surface area contributed by atoms with Gasteiger partial charge in [-0.15, -0.1) is 11.8 Å². The third kappa shape index (κ3) is 5.27. The molecule has 29 heavy (non-hydrogen) atoms. The standard InChI is InChI=1S/C23H34N2O3S/c1-3-5-6-7-8-9-11-18(10-4-2)28-21-20(26)19-16-29-23(25(19)22(21)27)17-12-14-24-15-13-17/h12-15,18-19,23,26H,3-11,16H2,1-2H3. The zero-order valence-electron chi connectivity index (χ0n) is 17.7. The smallest absolute Gasteiger partial charge is 0.294 e. The first-order valence-electron chi connectivity index (χ1n) is 11.1. The molecule has 2 aliphatic rings. The summed E-state index contributed by atoms with van der Waals surface area (Å²) < 4.78 is 6.14. The molecule has 0 saturated carbocycles. The van der Waals surface area contributed by atoms with Gasteiger partial charge in [-0.25, -0.2) is 0 Å². The van der Waals surface area contributed by atoms with Gasteiger partial charge in [0.2, 0.25) is 5.76 Å². The van der Waals surface area contributed by atoms with Crippen LogP contribution in [0.4, 0.5) is 0 Å². The minimum atomic E-state index is -0.281. The minimum Gasteiger partial charge on any atom is -0.506 e. The van der Waals surface area contributed by atoms with Crippen LogP contribution in [0, 0.1) is 0 Å². The van der Waals surface area contributed by atoms with Gasteiger partial charge in [-0.3, -0.25) is 9.78 Å². The van der Waals surface area contributed by atoms with Crippen LogP contribution in [0.5, 0.6) is 0 Å². The Balaban J connectivity index is 1.60. The summed E-state index contributed by atoms with van der Waals surface area (Å²) in [6.45, 7) is 4.36. The second-order valence-corrected chi connectivity index (χ2v) is 9.11. The molecule has 5 nitrogen and oxygen atoms in total. The van der Waals surface area contributed by atoms with Gasteiger partial charge in [-0.2, -0.15) is 0 Å². The van der Waals surface area contributed by atoms with Crippen LogP contribution >= 0.6 is 11.8 Å². The highest BCUT2D eigenvalue weighted by Crippen LogP contribution is 2.47. The Hall–Kier alpha value is -1.69. The summed E-state index contributed by atoms with van der Waals surface area (Å²) in [7, 11) is 0. The quantitative estimate of drug-likeness (QED) is 0.438. The van der Waals surface area contributed by atoms with Crippen molar-refractivity contribution < 1.29 is 14.6 Å². The number of unbranched alkanes of at least 4 members (excludes halogenated alkanes) is 5. The van der Waals surface area contributed by atoms with E-state index in [0.29, 0.717) is 5.75 Å². The lowest BCUT2D eigenvalue weighted by molar-refractivity contribution is -0.131. The number of thioether (sulfide) groups is 1. The fraction of sp³-hybridized carbons (Fsp3) is 0.652. The Morgan fingerprint density at radius 2 is 1.86 bits per heavy atom. The molecule has 1 aromatic heterocycles. The van der Waals surface area contributed by atoms with Gasteiger partial charge in [0.25, 0.3) is 5.91 Å². The third-order valence-corrected chi connectivity index (χ3v) is 7.07. The van der Waals surface area contributed by atoms with Crippen molar-refractivity contribution in [3.8, 4) is 0 Å². The maximum Gasteiger partial charge on any atom is 0.294 e. The number of ether oxygens (including phenoxy) is 1. The maximum atomic E-state index is 13.1. The van der Waals surface area contributed by atoms with Crippen LogP contribution in [0.25, 0.3) is 0 Å². The van der Waals surface area contributed by atoms with Crippen LogP contribution in [0.1, 0.15) is 82.6 Å². The summed E-state index contributed by atoms with van der Waals surface area (Å²) in [6, 6.07) is 3.58. The second kappa shape index (κ2) is 10.9. The molecule has 1 aromatic rings. The lowest BCUT2D eigenvalue weighted by Gasteiger charge is -2.24. The van der Waals surface area contributed by atoms with E-state index in [1.54, 1.807) is 29.1 Å². The predicted octanol–water partition coefficient (Wildman–Crippen LogP) is 5.74. The molecule has 6 heteroatoms. The van der Waals surface area contributed by atoms with Crippen LogP contribution in [0.2, 0.25) is 0 Å². The van der Waals surface area contributed by atoms with Crippen molar-refractivity contribution in [2.45, 2.75) is 89.2 Å². The number of nitrogens with zero attached hydrogens (tertiary/aromatic N) is 2. The van der Waals surface area contributed by atoms with E-state index in [4.69, 9.17) is 4.74 Å². The molecule has 3 heterocycles. The van der Waals surface area contributed by atoms with E-state index >= 15 is 0 Å². The topological polar surface area (TPSA) is 62.7 Å². The molecule has 3 unspecified atom stereocenters. The van der Waals surface area contributed by atoms with Crippen molar-refractivity contribution in [1.29, 1.82) is 0 Å². The van der Waals surface area contributed by atoms with E-state index in [0.717, 1.165) is 31.2 Å². The summed E-state index contributed by atoms with van der Waals surface area (Å²) in [5, 5.41) is 10.7. The van der Waals surface area contributed by atoms with E-state index in [1.165, 1.54) is 32.1 Å². The Morgan fingerprint density at radius 1 is 1.14 bits per heavy atom. The van der Waals surface area contributed by atoms with Gasteiger partial charge in [0.1, 0.15) is 11.4 Å². The number of amides is 1. The number of pyridine rings is 1. The molecular weight excluding hydrogens is 384 g/mol. The summed E-state index contributed by atoms with van der Waals surface area (Å²) in [5.41, 5.74) is 1.03. The van der Waals surface area contributed by atoms with Crippen molar-refractivity contribution >= 4 is 17.7 Å². The number of carbonyl (C=O) groups is 1. The molecule has 3 rings (SSSR count). The molecule has 1 fully saturated rings. The number of hydrogen-bond donors (Lipinski definition) is 1. The zero-order valence-corrected chi connectivity index (χ0v) is 18.5. The first kappa shape index (κ1) is 22.0. The first-order valence-corrected chi connectivity index (χ1v) is 12.2. The van der Waals surface area contributed by atoms with Crippen LogP contribution in [0.3, 0.4) is 0 Å². The third-order valence-electron chi connectivity index (χ3n) is 5.74. The maximum absolute atomic E-state index is 13.1. The van der Waals surface area contributed by atoms with Crippen LogP contribution in [-0.4, -0.2) is 38.8 Å². The monoisotopic (exact) mass is 418 g/mol. The molecular formula is C23H34N2O3S. The summed E-state index contributed by atoms with van der Waals surface area (Å²) >= 11 is 1.68. The van der Waals surface area contributed by atoms with E-state index in [2.05, 4.69) is 18.8 Å². The molecule has 1 N–H and O–H groups in total. The number of fused-ring (bicyclic) bond motifs is 1. The normalized spacial score (nSPS) is 22.3. The number of carbonyl (C=O) groups excluding carboxylic acids is 1. The molecule has 3 atom stereocenters. The SMILES string of the molecule is CCCCCCCCC(CCC)OC1=C(O)C2CSC(c3ccncc3)N2C1=O. The van der Waals surface area contributed by atoms with Crippen molar-refractivity contribution in [3.05, 3.63) is 41.6 Å². The Bertz CT molecular complexity index is 695. The summed E-state index contributed by atoms with van der Waals surface area (Å²) in [5.74, 6) is 0.804. The van der Waals surface area contributed by atoms with Crippen molar-refractivity contribution in [2.24, 2.45) is 0 Å². The number of aliphatic hydroxyl groups excluding tert-OH is 1. The van der Waals surface area contributed by atoms with Crippen molar-refractivity contribution in [1.82, 2.24) is 9.88 Å². The van der Waals surface area contributed by atoms with Crippen molar-refractivity contribution in [3.63, 3.8) is 0 Å². The average Bonchev–Trinajstić information content (AvgIpc) is 3.27. The molecule has 0 spiro atoms. The van der Waals surface area contributed by atoms with Gasteiger partial charge in [0.15, 0.2) is 5.76 Å². The van der Waals surface area contributed by atoms with Crippen molar-refractivity contribution in [2.75, 3.05) is 5.75 Å². The lowest BCUT2D eigenvalue weighted by atomic mass is 10.0. The molecule has 2 aliphatic heterocycles. The highest BCUT2D eigenvalue weighted by molar-refractivity contribution is 7.99. The summed E-state index contributed by atoms with van der Waals surface area (Å²) in [4.78, 5) is 19.0. The Kier molecular flexibility index (Phi) is 8.28. The Labute approximate surface area is 178 Å². The molecule has 0 aromatic carbocycles. The Morgan fingerprint density at radius 3 is 2.59 bits per heavy atom. The number of hydrogen-bond acceptors (Lipinski definition) is 5. The molecule has 1 amide bonds. The number of rotatable bonds is 12. The van der Waals surface area contributed by atoms with Gasteiger partial charge in [0.05, 0.1) is 6.10 Å². The number of aliphatic hydroxyl groups is 1. The second-order valence-electron chi connectivity index (χ2n) is 7.99. The fourth-order valence-corrected chi connectivity index (χ4v) is 5.58. The van der Waals surface area contributed by atoms with Crippen LogP contribution in [-0.2, 0) is 9.53 Å². The van der Waals surface area contributed by atoms with E-state index in [-0.39, 0.29) is 34.9 Å². The predicted molar refractivity (Wildman–Crippen MR) is 117 cm³/mol.